The van der Waals surface area contributed by atoms with Gasteiger partial charge < -0.3 is 9.47 Å². The molecule has 0 saturated heterocycles. The van der Waals surface area contributed by atoms with Crippen molar-refractivity contribution in [1.29, 1.82) is 0 Å². The Labute approximate surface area is 86.2 Å². The lowest BCUT2D eigenvalue weighted by molar-refractivity contribution is 0.0889. The molecule has 0 amide bonds. The summed E-state index contributed by atoms with van der Waals surface area (Å²) in [5.74, 6) is 0.618. The molecule has 1 atom stereocenters. The molecule has 0 aromatic carbocycles. The highest BCUT2D eigenvalue weighted by molar-refractivity contribution is 9.10. The summed E-state index contributed by atoms with van der Waals surface area (Å²) in [6.07, 6.45) is 1.73. The van der Waals surface area contributed by atoms with Crippen LogP contribution in [0.1, 0.15) is 6.92 Å². The number of halogens is 1. The van der Waals surface area contributed by atoms with Gasteiger partial charge in [0.05, 0.1) is 6.61 Å². The van der Waals surface area contributed by atoms with Gasteiger partial charge in [0.2, 0.25) is 5.88 Å². The zero-order valence-corrected chi connectivity index (χ0v) is 9.24. The zero-order valence-electron chi connectivity index (χ0n) is 7.66. The van der Waals surface area contributed by atoms with E-state index in [0.29, 0.717) is 12.5 Å². The summed E-state index contributed by atoms with van der Waals surface area (Å²) in [5, 5.41) is 0. The van der Waals surface area contributed by atoms with Gasteiger partial charge >= 0.3 is 0 Å². The van der Waals surface area contributed by atoms with Crippen molar-refractivity contribution in [3.63, 3.8) is 0 Å². The maximum absolute atomic E-state index is 5.45. The summed E-state index contributed by atoms with van der Waals surface area (Å²) < 4.78 is 11.3. The summed E-state index contributed by atoms with van der Waals surface area (Å²) >= 11 is 3.30. The van der Waals surface area contributed by atoms with Crippen LogP contribution in [-0.4, -0.2) is 24.8 Å². The highest BCUT2D eigenvalue weighted by Crippen LogP contribution is 2.13. The molecular formula is C9H12BrNO2. The third-order valence-electron chi connectivity index (χ3n) is 1.42. The van der Waals surface area contributed by atoms with E-state index in [1.807, 2.05) is 19.1 Å². The average molecular weight is 246 g/mol. The van der Waals surface area contributed by atoms with E-state index in [9.17, 15) is 0 Å². The quantitative estimate of drug-likeness (QED) is 0.816. The molecule has 3 nitrogen and oxygen atoms in total. The van der Waals surface area contributed by atoms with Crippen molar-refractivity contribution in [1.82, 2.24) is 4.98 Å². The second-order valence-electron chi connectivity index (χ2n) is 2.70. The van der Waals surface area contributed by atoms with Crippen molar-refractivity contribution >= 4 is 15.9 Å². The fourth-order valence-electron chi connectivity index (χ4n) is 0.907. The van der Waals surface area contributed by atoms with Crippen LogP contribution in [0.3, 0.4) is 0 Å². The minimum absolute atomic E-state index is 0.0266. The van der Waals surface area contributed by atoms with E-state index in [1.54, 1.807) is 13.3 Å². The molecule has 0 N–H and O–H groups in total. The Balaban J connectivity index is 2.49. The molecule has 0 fully saturated rings. The molecule has 0 saturated carbocycles. The Morgan fingerprint density at radius 1 is 1.54 bits per heavy atom. The summed E-state index contributed by atoms with van der Waals surface area (Å²) in [6.45, 7) is 2.50. The molecule has 1 aromatic rings. The Bertz CT molecular complexity index is 250. The highest BCUT2D eigenvalue weighted by Gasteiger charge is 2.03. The SMILES string of the molecule is COC[C@@H](C)Oc1ccc(Br)cn1. The largest absolute Gasteiger partial charge is 0.472 e. The third kappa shape index (κ3) is 3.74. The Hall–Kier alpha value is -0.610. The predicted octanol–water partition coefficient (Wildman–Crippen LogP) is 2.26. The molecule has 0 aliphatic carbocycles. The monoisotopic (exact) mass is 245 g/mol. The Morgan fingerprint density at radius 2 is 2.31 bits per heavy atom. The van der Waals surface area contributed by atoms with Gasteiger partial charge in [0.15, 0.2) is 0 Å². The normalized spacial score (nSPS) is 12.5. The van der Waals surface area contributed by atoms with E-state index in [-0.39, 0.29) is 6.10 Å². The van der Waals surface area contributed by atoms with Crippen molar-refractivity contribution in [2.24, 2.45) is 0 Å². The number of ether oxygens (including phenoxy) is 2. The summed E-state index contributed by atoms with van der Waals surface area (Å²) in [4.78, 5) is 4.08. The predicted molar refractivity (Wildman–Crippen MR) is 53.9 cm³/mol. The number of aromatic nitrogens is 1. The smallest absolute Gasteiger partial charge is 0.213 e. The first-order valence-electron chi connectivity index (χ1n) is 3.99. The van der Waals surface area contributed by atoms with Gasteiger partial charge in [-0.2, -0.15) is 0 Å². The van der Waals surface area contributed by atoms with Gasteiger partial charge in [-0.15, -0.1) is 0 Å². The van der Waals surface area contributed by atoms with Crippen LogP contribution in [0.25, 0.3) is 0 Å². The van der Waals surface area contributed by atoms with Gasteiger partial charge in [0, 0.05) is 23.8 Å². The number of methoxy groups -OCH3 is 1. The first-order chi connectivity index (χ1) is 6.22. The molecule has 0 unspecified atom stereocenters. The maximum atomic E-state index is 5.45. The number of hydrogen-bond acceptors (Lipinski definition) is 3. The van der Waals surface area contributed by atoms with E-state index in [4.69, 9.17) is 9.47 Å². The van der Waals surface area contributed by atoms with Crippen LogP contribution in [0, 0.1) is 0 Å². The van der Waals surface area contributed by atoms with Gasteiger partial charge in [0.25, 0.3) is 0 Å². The Morgan fingerprint density at radius 3 is 2.85 bits per heavy atom. The molecule has 1 heterocycles. The Kier molecular flexibility index (Phi) is 4.18. The first-order valence-corrected chi connectivity index (χ1v) is 4.79. The topological polar surface area (TPSA) is 31.4 Å². The van der Waals surface area contributed by atoms with Crippen molar-refractivity contribution < 1.29 is 9.47 Å². The molecule has 0 bridgehead atoms. The second kappa shape index (κ2) is 5.19. The molecule has 0 aliphatic heterocycles. The maximum Gasteiger partial charge on any atom is 0.213 e. The van der Waals surface area contributed by atoms with Crippen LogP contribution in [0.4, 0.5) is 0 Å². The number of pyridine rings is 1. The molecule has 1 rings (SSSR count). The van der Waals surface area contributed by atoms with Crippen molar-refractivity contribution in [3.8, 4) is 5.88 Å². The molecule has 0 aliphatic rings. The van der Waals surface area contributed by atoms with Gasteiger partial charge in [-0.3, -0.25) is 0 Å². The fraction of sp³-hybridized carbons (Fsp3) is 0.444. The van der Waals surface area contributed by atoms with Gasteiger partial charge in [-0.05, 0) is 28.9 Å². The number of nitrogens with zero attached hydrogens (tertiary/aromatic N) is 1. The van der Waals surface area contributed by atoms with Gasteiger partial charge in [0.1, 0.15) is 6.10 Å². The highest BCUT2D eigenvalue weighted by atomic mass is 79.9. The number of rotatable bonds is 4. The summed E-state index contributed by atoms with van der Waals surface area (Å²) in [6, 6.07) is 3.71. The van der Waals surface area contributed by atoms with Gasteiger partial charge in [-0.1, -0.05) is 0 Å². The van der Waals surface area contributed by atoms with Gasteiger partial charge in [-0.25, -0.2) is 4.98 Å². The van der Waals surface area contributed by atoms with Crippen molar-refractivity contribution in [3.05, 3.63) is 22.8 Å². The summed E-state index contributed by atoms with van der Waals surface area (Å²) in [7, 11) is 1.65. The first kappa shape index (κ1) is 10.5. The molecule has 4 heteroatoms. The summed E-state index contributed by atoms with van der Waals surface area (Å²) in [5.41, 5.74) is 0. The standard InChI is InChI=1S/C9H12BrNO2/c1-7(6-12-2)13-9-4-3-8(10)5-11-9/h3-5,7H,6H2,1-2H3/t7-/m1/s1. The molecule has 13 heavy (non-hydrogen) atoms. The minimum Gasteiger partial charge on any atom is -0.472 e. The molecule has 1 aromatic heterocycles. The molecular weight excluding hydrogens is 234 g/mol. The fourth-order valence-corrected chi connectivity index (χ4v) is 1.14. The van der Waals surface area contributed by atoms with Crippen LogP contribution in [0.2, 0.25) is 0 Å². The third-order valence-corrected chi connectivity index (χ3v) is 1.89. The van der Waals surface area contributed by atoms with Crippen molar-refractivity contribution in [2.45, 2.75) is 13.0 Å². The van der Waals surface area contributed by atoms with E-state index < -0.39 is 0 Å². The van der Waals surface area contributed by atoms with Crippen LogP contribution in [0.5, 0.6) is 5.88 Å². The van der Waals surface area contributed by atoms with E-state index in [1.165, 1.54) is 0 Å². The lowest BCUT2D eigenvalue weighted by Gasteiger charge is -2.12. The van der Waals surface area contributed by atoms with Crippen LogP contribution in [-0.2, 0) is 4.74 Å². The lowest BCUT2D eigenvalue weighted by Crippen LogP contribution is -2.18. The second-order valence-corrected chi connectivity index (χ2v) is 3.61. The van der Waals surface area contributed by atoms with Crippen LogP contribution >= 0.6 is 15.9 Å². The number of hydrogen-bond donors (Lipinski definition) is 0. The van der Waals surface area contributed by atoms with Crippen LogP contribution < -0.4 is 4.74 Å². The molecule has 72 valence electrons. The van der Waals surface area contributed by atoms with E-state index in [0.717, 1.165) is 4.47 Å². The molecule has 0 spiro atoms. The zero-order chi connectivity index (χ0) is 9.68. The van der Waals surface area contributed by atoms with Crippen molar-refractivity contribution in [2.75, 3.05) is 13.7 Å². The average Bonchev–Trinajstić information content (AvgIpc) is 2.09. The molecule has 0 radical (unpaired) electrons. The van der Waals surface area contributed by atoms with E-state index in [2.05, 4.69) is 20.9 Å². The minimum atomic E-state index is 0.0266. The lowest BCUT2D eigenvalue weighted by atomic mass is 10.4. The van der Waals surface area contributed by atoms with E-state index >= 15 is 0 Å². The van der Waals surface area contributed by atoms with Crippen LogP contribution in [0.15, 0.2) is 22.8 Å².